The predicted octanol–water partition coefficient (Wildman–Crippen LogP) is 0.963. The Bertz CT molecular complexity index is 1040. The van der Waals surface area contributed by atoms with Gasteiger partial charge in [0.25, 0.3) is 0 Å². The maximum atomic E-state index is 13.2. The van der Waals surface area contributed by atoms with Crippen molar-refractivity contribution in [3.05, 3.63) is 62.3 Å². The number of nitriles is 1. The van der Waals surface area contributed by atoms with Gasteiger partial charge in [-0.1, -0.05) is 11.6 Å². The molecule has 0 amide bonds. The van der Waals surface area contributed by atoms with Crippen molar-refractivity contribution in [3.8, 4) is 11.8 Å². The van der Waals surface area contributed by atoms with Crippen molar-refractivity contribution in [1.82, 2.24) is 18.7 Å². The summed E-state index contributed by atoms with van der Waals surface area (Å²) < 4.78 is 16.3. The molecule has 0 fully saturated rings. The molecule has 0 atom stereocenters. The molecule has 0 aliphatic rings. The first-order valence-corrected chi connectivity index (χ1v) is 6.44. The highest BCUT2D eigenvalue weighted by molar-refractivity contribution is 6.30. The lowest BCUT2D eigenvalue weighted by molar-refractivity contribution is 0.627. The second-order valence-electron chi connectivity index (χ2n) is 4.36. The van der Waals surface area contributed by atoms with Crippen molar-refractivity contribution in [2.24, 2.45) is 0 Å². The summed E-state index contributed by atoms with van der Waals surface area (Å²) in [6, 6.07) is 5.59. The molecule has 0 N–H and O–H groups in total. The fraction of sp³-hybridized carbons (Fsp3) is 0.0769. The van der Waals surface area contributed by atoms with Crippen molar-refractivity contribution in [1.29, 1.82) is 5.26 Å². The number of aromatic nitrogens is 4. The fourth-order valence-corrected chi connectivity index (χ4v) is 2.19. The van der Waals surface area contributed by atoms with Gasteiger partial charge >= 0.3 is 11.2 Å². The van der Waals surface area contributed by atoms with Gasteiger partial charge in [-0.2, -0.15) is 9.94 Å². The lowest BCUT2D eigenvalue weighted by Crippen LogP contribution is -2.24. The third-order valence-electron chi connectivity index (χ3n) is 3.05. The highest BCUT2D eigenvalue weighted by Crippen LogP contribution is 2.17. The van der Waals surface area contributed by atoms with E-state index in [2.05, 4.69) is 5.10 Å². The Morgan fingerprint density at radius 3 is 2.77 bits per heavy atom. The highest BCUT2D eigenvalue weighted by atomic mass is 35.5. The summed E-state index contributed by atoms with van der Waals surface area (Å²) in [6.07, 6.45) is 2.69. The van der Waals surface area contributed by atoms with E-state index < -0.39 is 17.1 Å². The van der Waals surface area contributed by atoms with Crippen LogP contribution in [0.5, 0.6) is 0 Å². The van der Waals surface area contributed by atoms with E-state index in [0.717, 1.165) is 15.1 Å². The highest BCUT2D eigenvalue weighted by Gasteiger charge is 2.13. The van der Waals surface area contributed by atoms with E-state index in [1.807, 2.05) is 0 Å². The first-order chi connectivity index (χ1) is 10.5. The zero-order valence-electron chi connectivity index (χ0n) is 10.9. The Morgan fingerprint density at radius 1 is 1.32 bits per heavy atom. The van der Waals surface area contributed by atoms with Gasteiger partial charge < -0.3 is 0 Å². The maximum Gasteiger partial charge on any atom is 0.351 e. The van der Waals surface area contributed by atoms with Crippen LogP contribution in [0.4, 0.5) is 4.39 Å². The maximum absolute atomic E-state index is 13.2. The Labute approximate surface area is 127 Å². The molecular weight excluding hydrogens is 313 g/mol. The van der Waals surface area contributed by atoms with Crippen LogP contribution < -0.4 is 11.2 Å². The summed E-state index contributed by atoms with van der Waals surface area (Å²) >= 11 is 5.70. The molecule has 9 heteroatoms. The van der Waals surface area contributed by atoms with Gasteiger partial charge in [0.2, 0.25) is 5.65 Å². The smallest absolute Gasteiger partial charge is 0.280 e. The minimum absolute atomic E-state index is 0.128. The molecule has 7 nitrogen and oxygen atoms in total. The molecule has 1 aromatic carbocycles. The van der Waals surface area contributed by atoms with Crippen molar-refractivity contribution < 1.29 is 4.39 Å². The molecule has 3 aromatic rings. The third-order valence-corrected chi connectivity index (χ3v) is 3.34. The summed E-state index contributed by atoms with van der Waals surface area (Å²) in [4.78, 5) is 24.3. The van der Waals surface area contributed by atoms with Gasteiger partial charge in [0.1, 0.15) is 12.4 Å². The van der Waals surface area contributed by atoms with E-state index >= 15 is 0 Å². The molecule has 2 heterocycles. The molecule has 3 rings (SSSR count). The largest absolute Gasteiger partial charge is 0.351 e. The molecule has 0 bridgehead atoms. The van der Waals surface area contributed by atoms with E-state index in [0.29, 0.717) is 5.69 Å². The van der Waals surface area contributed by atoms with Crippen LogP contribution in [0.25, 0.3) is 11.3 Å². The topological polar surface area (TPSA) is 85.1 Å². The molecule has 0 radical (unpaired) electrons. The molecule has 0 spiro atoms. The van der Waals surface area contributed by atoms with Crippen LogP contribution in [0.2, 0.25) is 5.02 Å². The van der Waals surface area contributed by atoms with Crippen LogP contribution in [-0.4, -0.2) is 18.7 Å². The Kier molecular flexibility index (Phi) is 3.27. The molecule has 110 valence electrons. The molecular formula is C13H7ClFN5O2. The van der Waals surface area contributed by atoms with Crippen LogP contribution >= 0.6 is 11.6 Å². The molecule has 0 aliphatic heterocycles. The minimum Gasteiger partial charge on any atom is -0.280 e. The quantitative estimate of drug-likeness (QED) is 0.704. The third kappa shape index (κ3) is 2.08. The van der Waals surface area contributed by atoms with Gasteiger partial charge in [0.05, 0.1) is 16.8 Å². The lowest BCUT2D eigenvalue weighted by Gasteiger charge is -2.06. The number of halogens is 2. The summed E-state index contributed by atoms with van der Waals surface area (Å²) in [7, 11) is 0. The molecule has 22 heavy (non-hydrogen) atoms. The lowest BCUT2D eigenvalue weighted by atomic mass is 10.3. The molecule has 0 saturated heterocycles. The predicted molar refractivity (Wildman–Crippen MR) is 75.6 cm³/mol. The van der Waals surface area contributed by atoms with Crippen LogP contribution in [0.3, 0.4) is 0 Å². The Hall–Kier alpha value is -2.92. The van der Waals surface area contributed by atoms with Crippen molar-refractivity contribution in [3.63, 3.8) is 0 Å². The van der Waals surface area contributed by atoms with Gasteiger partial charge in [-0.3, -0.25) is 9.36 Å². The summed E-state index contributed by atoms with van der Waals surface area (Å²) in [5.74, 6) is -0.603. The zero-order valence-corrected chi connectivity index (χ0v) is 11.7. The van der Waals surface area contributed by atoms with Crippen LogP contribution in [0.1, 0.15) is 0 Å². The summed E-state index contributed by atoms with van der Waals surface area (Å²) in [5.41, 5.74) is -0.971. The van der Waals surface area contributed by atoms with E-state index in [1.165, 1.54) is 29.1 Å². The van der Waals surface area contributed by atoms with Crippen LogP contribution in [-0.2, 0) is 6.54 Å². The first-order valence-electron chi connectivity index (χ1n) is 6.06. The standard InChI is InChI=1S/C13H7ClFN5O2/c14-9-7-8(1-2-10(9)15)18-5-6-19-11(12(18)21)17-20(4-3-16)13(19)22/h1-2,5-7H,4H2. The van der Waals surface area contributed by atoms with Gasteiger partial charge in [0, 0.05) is 12.4 Å². The minimum atomic E-state index is -0.603. The van der Waals surface area contributed by atoms with Crippen LogP contribution in [0, 0.1) is 17.1 Å². The number of fused-ring (bicyclic) bond motifs is 1. The van der Waals surface area contributed by atoms with Gasteiger partial charge in [0.15, 0.2) is 0 Å². The number of hydrogen-bond acceptors (Lipinski definition) is 4. The van der Waals surface area contributed by atoms with Crippen molar-refractivity contribution in [2.45, 2.75) is 6.54 Å². The monoisotopic (exact) mass is 319 g/mol. The van der Waals surface area contributed by atoms with Gasteiger partial charge in [-0.25, -0.2) is 13.6 Å². The summed E-state index contributed by atoms with van der Waals surface area (Å²) in [5, 5.41) is 12.3. The Balaban J connectivity index is 2.27. The SMILES string of the molecule is N#CCn1nc2c(=O)n(-c3ccc(F)c(Cl)c3)ccn2c1=O. The average Bonchev–Trinajstić information content (AvgIpc) is 2.81. The first kappa shape index (κ1) is 14.0. The van der Waals surface area contributed by atoms with Crippen molar-refractivity contribution in [2.75, 3.05) is 0 Å². The molecule has 0 unspecified atom stereocenters. The second-order valence-corrected chi connectivity index (χ2v) is 4.77. The number of nitrogens with zero attached hydrogens (tertiary/aromatic N) is 5. The average molecular weight is 320 g/mol. The normalized spacial score (nSPS) is 10.8. The van der Waals surface area contributed by atoms with E-state index in [9.17, 15) is 14.0 Å². The van der Waals surface area contributed by atoms with E-state index in [-0.39, 0.29) is 17.2 Å². The molecule has 0 aliphatic carbocycles. The molecule has 0 saturated carbocycles. The number of hydrogen-bond donors (Lipinski definition) is 0. The van der Waals surface area contributed by atoms with E-state index in [1.54, 1.807) is 6.07 Å². The van der Waals surface area contributed by atoms with Gasteiger partial charge in [-0.15, -0.1) is 5.10 Å². The Morgan fingerprint density at radius 2 is 2.09 bits per heavy atom. The van der Waals surface area contributed by atoms with Crippen LogP contribution in [0.15, 0.2) is 40.2 Å². The zero-order chi connectivity index (χ0) is 15.9. The number of rotatable bonds is 2. The second kappa shape index (κ2) is 5.13. The van der Waals surface area contributed by atoms with Gasteiger partial charge in [-0.05, 0) is 18.2 Å². The summed E-state index contributed by atoms with van der Waals surface area (Å²) in [6.45, 7) is -0.262. The van der Waals surface area contributed by atoms with Crippen molar-refractivity contribution >= 4 is 17.2 Å². The molecule has 2 aromatic heterocycles. The fourth-order valence-electron chi connectivity index (χ4n) is 2.02. The van der Waals surface area contributed by atoms with E-state index in [4.69, 9.17) is 16.9 Å². The number of benzene rings is 1.